The van der Waals surface area contributed by atoms with Gasteiger partial charge in [0.25, 0.3) is 0 Å². The second-order valence-electron chi connectivity index (χ2n) is 18.5. The maximum absolute atomic E-state index is 13.2. The summed E-state index contributed by atoms with van der Waals surface area (Å²) in [4.78, 5) is 0. The average molecular weight is 885 g/mol. The smallest absolute Gasteiger partial charge is 0.109 e. The summed E-state index contributed by atoms with van der Waals surface area (Å²) in [5, 5.41) is 12.5. The third-order valence-corrected chi connectivity index (χ3v) is 17.6. The van der Waals surface area contributed by atoms with Crippen LogP contribution >= 0.6 is 21.2 Å². The largest absolute Gasteiger partial charge is 0.319 e. The first kappa shape index (κ1) is 42.0. The normalized spacial score (nSPS) is 12.4. The Morgan fingerprint density at radius 3 is 0.781 bits per heavy atom. The molecule has 10 aromatic rings. The van der Waals surface area contributed by atoms with Crippen molar-refractivity contribution in [2.24, 2.45) is 0 Å². The Hall–Kier alpha value is -6.00. The van der Waals surface area contributed by atoms with Gasteiger partial charge in [-0.05, 0) is 162 Å². The molecule has 0 bridgehead atoms. The zero-order chi connectivity index (χ0) is 44.5. The van der Waals surface area contributed by atoms with Crippen molar-refractivity contribution in [2.45, 2.75) is 0 Å². The van der Waals surface area contributed by atoms with Gasteiger partial charge >= 0.3 is 0 Å². The van der Waals surface area contributed by atoms with Crippen LogP contribution in [0.15, 0.2) is 188 Å². The van der Waals surface area contributed by atoms with E-state index in [-0.39, 0.29) is 0 Å². The van der Waals surface area contributed by atoms with Gasteiger partial charge in [0.05, 0.1) is 0 Å². The molecule has 0 aliphatic carbocycles. The third kappa shape index (κ3) is 7.53. The van der Waals surface area contributed by atoms with E-state index in [2.05, 4.69) is 183 Å². The molecule has 0 spiro atoms. The van der Waals surface area contributed by atoms with Crippen molar-refractivity contribution in [3.05, 3.63) is 188 Å². The lowest BCUT2D eigenvalue weighted by molar-refractivity contribution is 0.587. The summed E-state index contributed by atoms with van der Waals surface area (Å²) in [6, 6.07) is 68.1. The van der Waals surface area contributed by atoms with E-state index in [0.717, 1.165) is 60.0 Å². The van der Waals surface area contributed by atoms with E-state index in [4.69, 9.17) is 0 Å². The average Bonchev–Trinajstić information content (AvgIpc) is 3.29. The fourth-order valence-corrected chi connectivity index (χ4v) is 12.3. The number of rotatable bonds is 8. The van der Waals surface area contributed by atoms with Crippen LogP contribution in [-0.2, 0) is 9.13 Å². The van der Waals surface area contributed by atoms with Crippen LogP contribution in [0.3, 0.4) is 0 Å². The Morgan fingerprint density at radius 2 is 0.516 bits per heavy atom. The van der Waals surface area contributed by atoms with Crippen molar-refractivity contribution in [2.75, 3.05) is 40.0 Å². The molecule has 0 aliphatic rings. The van der Waals surface area contributed by atoms with Crippen LogP contribution < -0.4 is 15.9 Å². The summed E-state index contributed by atoms with van der Waals surface area (Å²) in [6.45, 7) is 10.4. The molecule has 0 N–H and O–H groups in total. The van der Waals surface area contributed by atoms with Crippen molar-refractivity contribution < 1.29 is 9.13 Å². The van der Waals surface area contributed by atoms with Crippen LogP contribution in [0.4, 0.5) is 0 Å². The molecular formula is C59H51O2P3. The van der Waals surface area contributed by atoms with E-state index in [1.165, 1.54) is 54.7 Å². The first-order valence-electron chi connectivity index (χ1n) is 21.8. The molecule has 64 heavy (non-hydrogen) atoms. The standard InChI is InChI=1S/C59H51O2P3/c1-62(2,3)45-30-26-40(27-31-45)56-48-16-8-12-20-52(48)58(53-21-13-9-17-49(53)56)43-36-42(39-24-32-46(33-25-39)63(4,5)60)37-44(38-43)59-54-22-14-10-18-50(54)57(51-19-11-15-23-55(51)59)41-28-34-47(35-29-41)64(6,7)61/h8-38H,1H2,2-7H3. The van der Waals surface area contributed by atoms with Gasteiger partial charge in [0, 0.05) is 10.6 Å². The highest BCUT2D eigenvalue weighted by molar-refractivity contribution is 7.79. The molecule has 5 heteroatoms. The molecule has 0 atom stereocenters. The fourth-order valence-electron chi connectivity index (χ4n) is 9.62. The Balaban J connectivity index is 1.29. The molecule has 2 nitrogen and oxygen atoms in total. The van der Waals surface area contributed by atoms with E-state index >= 15 is 0 Å². The Morgan fingerprint density at radius 1 is 0.281 bits per heavy atom. The van der Waals surface area contributed by atoms with Crippen LogP contribution in [0.25, 0.3) is 98.7 Å². The zero-order valence-corrected chi connectivity index (χ0v) is 39.9. The second kappa shape index (κ2) is 15.9. The molecule has 10 aromatic carbocycles. The Labute approximate surface area is 377 Å². The molecule has 0 aliphatic heterocycles. The quantitative estimate of drug-likeness (QED) is 0.113. The lowest BCUT2D eigenvalue weighted by Crippen LogP contribution is -2.02. The highest BCUT2D eigenvalue weighted by Crippen LogP contribution is 2.49. The van der Waals surface area contributed by atoms with Gasteiger partial charge in [-0.1, -0.05) is 183 Å². The van der Waals surface area contributed by atoms with Gasteiger partial charge in [0.15, 0.2) is 0 Å². The predicted molar refractivity (Wildman–Crippen MR) is 287 cm³/mol. The molecule has 0 saturated heterocycles. The van der Waals surface area contributed by atoms with Gasteiger partial charge in [0.1, 0.15) is 14.3 Å². The minimum atomic E-state index is -2.45. The number of hydrogen-bond acceptors (Lipinski definition) is 2. The van der Waals surface area contributed by atoms with Crippen molar-refractivity contribution in [1.29, 1.82) is 0 Å². The molecule has 0 radical (unpaired) electrons. The molecule has 0 fully saturated rings. The van der Waals surface area contributed by atoms with E-state index in [1.54, 1.807) is 0 Å². The first-order chi connectivity index (χ1) is 30.6. The van der Waals surface area contributed by atoms with Crippen molar-refractivity contribution in [1.82, 2.24) is 0 Å². The van der Waals surface area contributed by atoms with E-state index in [9.17, 15) is 9.13 Å². The second-order valence-corrected chi connectivity index (χ2v) is 28.8. The van der Waals surface area contributed by atoms with Gasteiger partial charge in [0.2, 0.25) is 0 Å². The Bertz CT molecular complexity index is 3300. The van der Waals surface area contributed by atoms with Crippen LogP contribution in [-0.4, -0.2) is 46.3 Å². The number of hydrogen-bond donors (Lipinski definition) is 0. The van der Waals surface area contributed by atoms with Gasteiger partial charge in [-0.15, -0.1) is 0 Å². The maximum atomic E-state index is 13.2. The molecule has 0 saturated carbocycles. The minimum Gasteiger partial charge on any atom is -0.319 e. The van der Waals surface area contributed by atoms with Crippen LogP contribution in [0.5, 0.6) is 0 Å². The monoisotopic (exact) mass is 884 g/mol. The first-order valence-corrected chi connectivity index (χ1v) is 29.9. The number of benzene rings is 10. The van der Waals surface area contributed by atoms with Gasteiger partial charge in [-0.25, -0.2) is 0 Å². The molecule has 314 valence electrons. The molecular weight excluding hydrogens is 834 g/mol. The maximum Gasteiger partial charge on any atom is 0.109 e. The molecule has 0 aromatic heterocycles. The van der Waals surface area contributed by atoms with Gasteiger partial charge in [-0.3, -0.25) is 0 Å². The highest BCUT2D eigenvalue weighted by Gasteiger charge is 2.22. The van der Waals surface area contributed by atoms with E-state index in [1.807, 2.05) is 50.9 Å². The van der Waals surface area contributed by atoms with Crippen LogP contribution in [0, 0.1) is 0 Å². The summed E-state index contributed by atoms with van der Waals surface area (Å²) in [5.41, 5.74) is 11.5. The summed E-state index contributed by atoms with van der Waals surface area (Å²) in [7, 11) is -4.87. The SMILES string of the molecule is C=P(C)(C)c1ccc(-c2c3ccccc3c(-c3cc(-c4ccc(P(C)(C)=O)cc4)cc(-c4c5ccccc5c(-c5ccc(P(C)(C)=O)cc5)c5ccccc45)c3)c3ccccc23)cc1. The molecule has 0 amide bonds. The van der Waals surface area contributed by atoms with E-state index < -0.39 is 21.2 Å². The van der Waals surface area contributed by atoms with Gasteiger partial charge in [-0.2, -0.15) is 0 Å². The number of fused-ring (bicyclic) bond motifs is 4. The highest BCUT2D eigenvalue weighted by atomic mass is 31.2. The third-order valence-electron chi connectivity index (χ3n) is 12.8. The van der Waals surface area contributed by atoms with Crippen molar-refractivity contribution in [3.8, 4) is 55.6 Å². The summed E-state index contributed by atoms with van der Waals surface area (Å²) >= 11 is 0. The minimum absolute atomic E-state index is 0.871. The van der Waals surface area contributed by atoms with Gasteiger partial charge < -0.3 is 9.13 Å². The van der Waals surface area contributed by atoms with E-state index in [0.29, 0.717) is 0 Å². The summed E-state index contributed by atoms with van der Waals surface area (Å²) in [6.07, 6.45) is 4.51. The topological polar surface area (TPSA) is 34.1 Å². The fraction of sp³-hybridized carbons (Fsp3) is 0.102. The summed E-state index contributed by atoms with van der Waals surface area (Å²) in [5.74, 6) is 0. The van der Waals surface area contributed by atoms with Crippen LogP contribution in [0.1, 0.15) is 0 Å². The lowest BCUT2D eigenvalue weighted by atomic mass is 9.82. The molecule has 0 unspecified atom stereocenters. The van der Waals surface area contributed by atoms with Crippen molar-refractivity contribution in [3.63, 3.8) is 0 Å². The zero-order valence-electron chi connectivity index (χ0n) is 37.3. The Kier molecular flexibility index (Phi) is 10.4. The van der Waals surface area contributed by atoms with Crippen molar-refractivity contribution >= 4 is 86.5 Å². The van der Waals surface area contributed by atoms with Crippen LogP contribution in [0.2, 0.25) is 0 Å². The predicted octanol–water partition coefficient (Wildman–Crippen LogP) is 15.5. The molecule has 0 heterocycles. The summed E-state index contributed by atoms with van der Waals surface area (Å²) < 4.78 is 26.3. The molecule has 10 rings (SSSR count). The lowest BCUT2D eigenvalue weighted by Gasteiger charge is -2.21.